The SMILES string of the molecule is Cc1ccc(C(=O)Nc2ccnn2C[C@H]2CCOC2)cn1. The van der Waals surface area contributed by atoms with Crippen LogP contribution in [0, 0.1) is 12.8 Å². The Morgan fingerprint density at radius 3 is 3.10 bits per heavy atom. The van der Waals surface area contributed by atoms with Gasteiger partial charge >= 0.3 is 0 Å². The largest absolute Gasteiger partial charge is 0.381 e. The lowest BCUT2D eigenvalue weighted by atomic mass is 10.1. The van der Waals surface area contributed by atoms with Crippen molar-refractivity contribution in [2.45, 2.75) is 19.9 Å². The number of aryl methyl sites for hydroxylation is 1. The number of pyridine rings is 1. The van der Waals surface area contributed by atoms with Crippen molar-refractivity contribution in [3.63, 3.8) is 0 Å². The third kappa shape index (κ3) is 3.28. The quantitative estimate of drug-likeness (QED) is 0.931. The molecule has 1 fully saturated rings. The maximum atomic E-state index is 12.2. The summed E-state index contributed by atoms with van der Waals surface area (Å²) in [6.45, 7) is 4.22. The van der Waals surface area contributed by atoms with Gasteiger partial charge in [-0.2, -0.15) is 5.10 Å². The summed E-state index contributed by atoms with van der Waals surface area (Å²) < 4.78 is 7.19. The van der Waals surface area contributed by atoms with Crippen LogP contribution in [0.15, 0.2) is 30.6 Å². The second-order valence-corrected chi connectivity index (χ2v) is 5.27. The van der Waals surface area contributed by atoms with E-state index in [1.54, 1.807) is 24.5 Å². The zero-order valence-corrected chi connectivity index (χ0v) is 12.0. The normalized spacial score (nSPS) is 17.9. The molecule has 110 valence electrons. The van der Waals surface area contributed by atoms with Crippen LogP contribution in [-0.4, -0.2) is 33.9 Å². The molecule has 1 N–H and O–H groups in total. The molecule has 6 nitrogen and oxygen atoms in total. The summed E-state index contributed by atoms with van der Waals surface area (Å²) in [5.41, 5.74) is 1.43. The minimum atomic E-state index is -0.174. The van der Waals surface area contributed by atoms with Crippen molar-refractivity contribution in [2.24, 2.45) is 5.92 Å². The Hall–Kier alpha value is -2.21. The third-order valence-electron chi connectivity index (χ3n) is 3.59. The molecule has 3 heterocycles. The molecule has 1 aliphatic heterocycles. The van der Waals surface area contributed by atoms with E-state index in [-0.39, 0.29) is 5.91 Å². The molecule has 1 aliphatic rings. The summed E-state index contributed by atoms with van der Waals surface area (Å²) in [6.07, 6.45) is 4.31. The number of nitrogens with one attached hydrogen (secondary N) is 1. The number of nitrogens with zero attached hydrogens (tertiary/aromatic N) is 3. The van der Waals surface area contributed by atoms with E-state index in [2.05, 4.69) is 15.4 Å². The van der Waals surface area contributed by atoms with Crippen LogP contribution < -0.4 is 5.32 Å². The van der Waals surface area contributed by atoms with E-state index in [1.165, 1.54) is 0 Å². The predicted molar refractivity (Wildman–Crippen MR) is 78.1 cm³/mol. The van der Waals surface area contributed by atoms with E-state index in [9.17, 15) is 4.79 Å². The zero-order chi connectivity index (χ0) is 14.7. The molecule has 0 bridgehead atoms. The van der Waals surface area contributed by atoms with Crippen LogP contribution in [0.3, 0.4) is 0 Å². The van der Waals surface area contributed by atoms with Gasteiger partial charge in [0, 0.05) is 37.0 Å². The first kappa shape index (κ1) is 13.8. The van der Waals surface area contributed by atoms with Gasteiger partial charge in [-0.25, -0.2) is 4.68 Å². The smallest absolute Gasteiger partial charge is 0.258 e. The van der Waals surface area contributed by atoms with Crippen molar-refractivity contribution in [2.75, 3.05) is 18.5 Å². The third-order valence-corrected chi connectivity index (χ3v) is 3.59. The minimum Gasteiger partial charge on any atom is -0.381 e. The Kier molecular flexibility index (Phi) is 3.96. The monoisotopic (exact) mass is 286 g/mol. The zero-order valence-electron chi connectivity index (χ0n) is 12.0. The van der Waals surface area contributed by atoms with Crippen LogP contribution >= 0.6 is 0 Å². The van der Waals surface area contributed by atoms with Gasteiger partial charge in [-0.15, -0.1) is 0 Å². The summed E-state index contributed by atoms with van der Waals surface area (Å²) in [4.78, 5) is 16.3. The van der Waals surface area contributed by atoms with Gasteiger partial charge in [0.15, 0.2) is 0 Å². The maximum Gasteiger partial charge on any atom is 0.258 e. The molecule has 0 aliphatic carbocycles. The van der Waals surface area contributed by atoms with Crippen LogP contribution in [0.25, 0.3) is 0 Å². The molecule has 0 spiro atoms. The highest BCUT2D eigenvalue weighted by molar-refractivity contribution is 6.03. The number of amides is 1. The van der Waals surface area contributed by atoms with E-state index in [0.717, 1.165) is 31.9 Å². The van der Waals surface area contributed by atoms with Gasteiger partial charge in [-0.3, -0.25) is 9.78 Å². The average molecular weight is 286 g/mol. The molecule has 0 unspecified atom stereocenters. The number of hydrogen-bond acceptors (Lipinski definition) is 4. The first-order valence-electron chi connectivity index (χ1n) is 7.06. The molecule has 3 rings (SSSR count). The van der Waals surface area contributed by atoms with Crippen molar-refractivity contribution < 1.29 is 9.53 Å². The first-order chi connectivity index (χ1) is 10.2. The highest BCUT2D eigenvalue weighted by atomic mass is 16.5. The molecule has 2 aromatic rings. The van der Waals surface area contributed by atoms with Gasteiger partial charge in [-0.05, 0) is 25.5 Å². The number of rotatable bonds is 4. The molecule has 1 amide bonds. The lowest BCUT2D eigenvalue weighted by molar-refractivity contribution is 0.102. The lowest BCUT2D eigenvalue weighted by Crippen LogP contribution is -2.19. The second-order valence-electron chi connectivity index (χ2n) is 5.27. The molecule has 2 aromatic heterocycles. The van der Waals surface area contributed by atoms with Crippen LogP contribution in [0.1, 0.15) is 22.5 Å². The topological polar surface area (TPSA) is 69.0 Å². The number of hydrogen-bond donors (Lipinski definition) is 1. The molecule has 6 heteroatoms. The number of anilines is 1. The maximum absolute atomic E-state index is 12.2. The Bertz CT molecular complexity index is 615. The number of ether oxygens (including phenoxy) is 1. The van der Waals surface area contributed by atoms with E-state index >= 15 is 0 Å². The summed E-state index contributed by atoms with van der Waals surface area (Å²) in [7, 11) is 0. The number of aromatic nitrogens is 3. The van der Waals surface area contributed by atoms with Crippen molar-refractivity contribution in [1.82, 2.24) is 14.8 Å². The Labute approximate surface area is 123 Å². The summed E-state index contributed by atoms with van der Waals surface area (Å²) in [5.74, 6) is 0.987. The van der Waals surface area contributed by atoms with E-state index in [0.29, 0.717) is 17.3 Å². The standard InChI is InChI=1S/C15H18N4O2/c1-11-2-3-13(8-16-11)15(20)18-14-4-6-17-19(14)9-12-5-7-21-10-12/h2-4,6,8,12H,5,7,9-10H2,1H3,(H,18,20)/t12-/m1/s1. The Morgan fingerprint density at radius 1 is 1.48 bits per heavy atom. The predicted octanol–water partition coefficient (Wildman–Crippen LogP) is 1.88. The number of carbonyl (C=O) groups is 1. The van der Waals surface area contributed by atoms with Crippen molar-refractivity contribution in [3.8, 4) is 0 Å². The fraction of sp³-hybridized carbons (Fsp3) is 0.400. The minimum absolute atomic E-state index is 0.174. The summed E-state index contributed by atoms with van der Waals surface area (Å²) in [5, 5.41) is 7.15. The number of carbonyl (C=O) groups excluding carboxylic acids is 1. The van der Waals surface area contributed by atoms with E-state index in [1.807, 2.05) is 17.7 Å². The van der Waals surface area contributed by atoms with Gasteiger partial charge < -0.3 is 10.1 Å². The molecule has 1 saturated heterocycles. The van der Waals surface area contributed by atoms with Crippen LogP contribution in [0.5, 0.6) is 0 Å². The van der Waals surface area contributed by atoms with Crippen LogP contribution in [-0.2, 0) is 11.3 Å². The van der Waals surface area contributed by atoms with Gasteiger partial charge in [-0.1, -0.05) is 0 Å². The Morgan fingerprint density at radius 2 is 2.38 bits per heavy atom. The molecule has 21 heavy (non-hydrogen) atoms. The first-order valence-corrected chi connectivity index (χ1v) is 7.06. The molecule has 0 aromatic carbocycles. The van der Waals surface area contributed by atoms with E-state index in [4.69, 9.17) is 4.74 Å². The molecule has 1 atom stereocenters. The molecular formula is C15H18N4O2. The summed E-state index contributed by atoms with van der Waals surface area (Å²) >= 11 is 0. The molecule has 0 saturated carbocycles. The van der Waals surface area contributed by atoms with Gasteiger partial charge in [0.2, 0.25) is 0 Å². The lowest BCUT2D eigenvalue weighted by Gasteiger charge is -2.12. The van der Waals surface area contributed by atoms with Gasteiger partial charge in [0.1, 0.15) is 5.82 Å². The van der Waals surface area contributed by atoms with Crippen LogP contribution in [0.4, 0.5) is 5.82 Å². The van der Waals surface area contributed by atoms with Crippen molar-refractivity contribution >= 4 is 11.7 Å². The van der Waals surface area contributed by atoms with Crippen molar-refractivity contribution in [1.29, 1.82) is 0 Å². The fourth-order valence-corrected chi connectivity index (χ4v) is 2.35. The van der Waals surface area contributed by atoms with Gasteiger partial charge in [0.05, 0.1) is 18.4 Å². The fourth-order valence-electron chi connectivity index (χ4n) is 2.35. The van der Waals surface area contributed by atoms with E-state index < -0.39 is 0 Å². The molecular weight excluding hydrogens is 268 g/mol. The van der Waals surface area contributed by atoms with Gasteiger partial charge in [0.25, 0.3) is 5.91 Å². The molecule has 0 radical (unpaired) electrons. The highest BCUT2D eigenvalue weighted by Gasteiger charge is 2.18. The second kappa shape index (κ2) is 6.05. The average Bonchev–Trinajstić information content (AvgIpc) is 3.13. The summed E-state index contributed by atoms with van der Waals surface area (Å²) in [6, 6.07) is 5.39. The highest BCUT2D eigenvalue weighted by Crippen LogP contribution is 2.17. The van der Waals surface area contributed by atoms with Crippen molar-refractivity contribution in [3.05, 3.63) is 41.9 Å². The van der Waals surface area contributed by atoms with Crippen LogP contribution in [0.2, 0.25) is 0 Å². The Balaban J connectivity index is 1.68.